The van der Waals surface area contributed by atoms with Gasteiger partial charge in [0.05, 0.1) is 11.4 Å². The average Bonchev–Trinajstić information content (AvgIpc) is 2.76. The van der Waals surface area contributed by atoms with Crippen LogP contribution in [0.2, 0.25) is 0 Å². The van der Waals surface area contributed by atoms with Crippen LogP contribution in [-0.2, 0) is 6.42 Å². The number of likely N-dealkylation sites (tertiary alicyclic amines) is 1. The Labute approximate surface area is 125 Å². The molecule has 1 saturated carbocycles. The summed E-state index contributed by atoms with van der Waals surface area (Å²) in [5.41, 5.74) is 8.21. The van der Waals surface area contributed by atoms with Crippen LogP contribution in [0.15, 0.2) is 12.4 Å². The molecule has 1 aromatic heterocycles. The van der Waals surface area contributed by atoms with E-state index >= 15 is 0 Å². The molecule has 2 heterocycles. The van der Waals surface area contributed by atoms with E-state index in [1.165, 1.54) is 6.42 Å². The molecule has 1 atom stereocenters. The number of carbonyl (C=O) groups excluding carboxylic acids is 1. The topological polar surface area (TPSA) is 84.1 Å². The number of carbonyl (C=O) groups is 1. The van der Waals surface area contributed by atoms with Crippen molar-refractivity contribution in [3.63, 3.8) is 0 Å². The molecule has 6 heteroatoms. The summed E-state index contributed by atoms with van der Waals surface area (Å²) >= 11 is 0. The van der Waals surface area contributed by atoms with Gasteiger partial charge in [-0.25, -0.2) is 4.79 Å². The maximum Gasteiger partial charge on any atom is 0.317 e. The SMILES string of the molecule is Cc1cncc(CCNC(=O)N2CC(N)C3(CCC3)C2)n1. The van der Waals surface area contributed by atoms with Crippen molar-refractivity contribution in [3.8, 4) is 0 Å². The lowest BCUT2D eigenvalue weighted by atomic mass is 9.66. The van der Waals surface area contributed by atoms with E-state index in [-0.39, 0.29) is 17.5 Å². The van der Waals surface area contributed by atoms with Crippen molar-refractivity contribution in [1.82, 2.24) is 20.2 Å². The molecule has 21 heavy (non-hydrogen) atoms. The van der Waals surface area contributed by atoms with Crippen LogP contribution in [0.5, 0.6) is 0 Å². The van der Waals surface area contributed by atoms with Crippen molar-refractivity contribution in [2.24, 2.45) is 11.1 Å². The highest BCUT2D eigenvalue weighted by Gasteiger charge is 2.49. The van der Waals surface area contributed by atoms with Gasteiger partial charge >= 0.3 is 6.03 Å². The van der Waals surface area contributed by atoms with Gasteiger partial charge in [-0.15, -0.1) is 0 Å². The van der Waals surface area contributed by atoms with E-state index < -0.39 is 0 Å². The Kier molecular flexibility index (Phi) is 3.80. The Morgan fingerprint density at radius 2 is 2.33 bits per heavy atom. The minimum absolute atomic E-state index is 0.00478. The molecule has 1 spiro atoms. The Hall–Kier alpha value is -1.69. The average molecular weight is 289 g/mol. The first-order chi connectivity index (χ1) is 10.1. The van der Waals surface area contributed by atoms with Gasteiger partial charge in [0.15, 0.2) is 0 Å². The maximum atomic E-state index is 12.2. The molecule has 0 bridgehead atoms. The largest absolute Gasteiger partial charge is 0.338 e. The standard InChI is InChI=1S/C15H23N5O/c1-11-7-17-8-12(19-11)3-6-18-14(21)20-9-13(16)15(10-20)4-2-5-15/h7-8,13H,2-6,9-10,16H2,1H3,(H,18,21). The van der Waals surface area contributed by atoms with Crippen molar-refractivity contribution in [2.45, 2.75) is 38.6 Å². The van der Waals surface area contributed by atoms with E-state index in [0.717, 1.165) is 30.8 Å². The zero-order valence-electron chi connectivity index (χ0n) is 12.5. The normalized spacial score (nSPS) is 23.1. The Morgan fingerprint density at radius 1 is 1.52 bits per heavy atom. The molecule has 6 nitrogen and oxygen atoms in total. The molecular weight excluding hydrogens is 266 g/mol. The van der Waals surface area contributed by atoms with Gasteiger partial charge in [-0.05, 0) is 19.8 Å². The monoisotopic (exact) mass is 289 g/mol. The minimum Gasteiger partial charge on any atom is -0.338 e. The summed E-state index contributed by atoms with van der Waals surface area (Å²) in [7, 11) is 0. The number of amides is 2. The predicted octanol–water partition coefficient (Wildman–Crippen LogP) is 0.850. The zero-order chi connectivity index (χ0) is 14.9. The molecular formula is C15H23N5O. The van der Waals surface area contributed by atoms with Gasteiger partial charge in [0.1, 0.15) is 0 Å². The van der Waals surface area contributed by atoms with Crippen molar-refractivity contribution in [2.75, 3.05) is 19.6 Å². The summed E-state index contributed by atoms with van der Waals surface area (Å²) in [6.45, 7) is 3.98. The quantitative estimate of drug-likeness (QED) is 0.864. The number of hydrogen-bond donors (Lipinski definition) is 2. The van der Waals surface area contributed by atoms with Gasteiger partial charge in [0, 0.05) is 49.9 Å². The second-order valence-electron chi connectivity index (χ2n) is 6.34. The summed E-state index contributed by atoms with van der Waals surface area (Å²) in [6, 6.07) is 0.134. The molecule has 114 valence electrons. The number of aryl methyl sites for hydroxylation is 1. The van der Waals surface area contributed by atoms with Crippen LogP contribution in [0.4, 0.5) is 4.79 Å². The molecule has 2 amide bonds. The third-order valence-electron chi connectivity index (χ3n) is 4.81. The molecule has 1 aliphatic carbocycles. The van der Waals surface area contributed by atoms with Crippen LogP contribution in [0.25, 0.3) is 0 Å². The Bertz CT molecular complexity index is 529. The fraction of sp³-hybridized carbons (Fsp3) is 0.667. The maximum absolute atomic E-state index is 12.2. The van der Waals surface area contributed by atoms with Crippen LogP contribution < -0.4 is 11.1 Å². The predicted molar refractivity (Wildman–Crippen MR) is 79.7 cm³/mol. The van der Waals surface area contributed by atoms with Gasteiger partial charge in [0.25, 0.3) is 0 Å². The van der Waals surface area contributed by atoms with E-state index in [4.69, 9.17) is 5.73 Å². The van der Waals surface area contributed by atoms with Crippen LogP contribution >= 0.6 is 0 Å². The highest BCUT2D eigenvalue weighted by Crippen LogP contribution is 2.47. The molecule has 1 aliphatic heterocycles. The van der Waals surface area contributed by atoms with Gasteiger partial charge in [-0.1, -0.05) is 6.42 Å². The third-order valence-corrected chi connectivity index (χ3v) is 4.81. The number of rotatable bonds is 3. The molecule has 1 aromatic rings. The third kappa shape index (κ3) is 2.85. The number of nitrogens with one attached hydrogen (secondary N) is 1. The van der Waals surface area contributed by atoms with Crippen molar-refractivity contribution < 1.29 is 4.79 Å². The number of nitrogens with zero attached hydrogens (tertiary/aromatic N) is 3. The lowest BCUT2D eigenvalue weighted by Crippen LogP contribution is -2.45. The van der Waals surface area contributed by atoms with Gasteiger partial charge in [0.2, 0.25) is 0 Å². The van der Waals surface area contributed by atoms with Crippen molar-refractivity contribution in [1.29, 1.82) is 0 Å². The van der Waals surface area contributed by atoms with E-state index in [1.807, 2.05) is 11.8 Å². The summed E-state index contributed by atoms with van der Waals surface area (Å²) in [4.78, 5) is 22.5. The fourth-order valence-corrected chi connectivity index (χ4v) is 3.35. The molecule has 2 aliphatic rings. The number of nitrogens with two attached hydrogens (primary N) is 1. The number of hydrogen-bond acceptors (Lipinski definition) is 4. The Balaban J connectivity index is 1.47. The summed E-state index contributed by atoms with van der Waals surface area (Å²) in [5, 5.41) is 2.96. The zero-order valence-corrected chi connectivity index (χ0v) is 12.5. The Morgan fingerprint density at radius 3 is 2.95 bits per heavy atom. The summed E-state index contributed by atoms with van der Waals surface area (Å²) < 4.78 is 0. The second-order valence-corrected chi connectivity index (χ2v) is 6.34. The smallest absolute Gasteiger partial charge is 0.317 e. The van der Waals surface area contributed by atoms with E-state index in [1.54, 1.807) is 12.4 Å². The van der Waals surface area contributed by atoms with Gasteiger partial charge in [-0.2, -0.15) is 0 Å². The van der Waals surface area contributed by atoms with Crippen molar-refractivity contribution in [3.05, 3.63) is 23.8 Å². The minimum atomic E-state index is -0.00478. The first-order valence-electron chi connectivity index (χ1n) is 7.65. The lowest BCUT2D eigenvalue weighted by Gasteiger charge is -2.41. The van der Waals surface area contributed by atoms with E-state index in [9.17, 15) is 4.79 Å². The van der Waals surface area contributed by atoms with E-state index in [0.29, 0.717) is 19.5 Å². The highest BCUT2D eigenvalue weighted by molar-refractivity contribution is 5.74. The van der Waals surface area contributed by atoms with Crippen LogP contribution in [0.3, 0.4) is 0 Å². The fourth-order valence-electron chi connectivity index (χ4n) is 3.35. The molecule has 3 rings (SSSR count). The highest BCUT2D eigenvalue weighted by atomic mass is 16.2. The first-order valence-corrected chi connectivity index (χ1v) is 7.65. The first kappa shape index (κ1) is 14.3. The molecule has 2 fully saturated rings. The number of urea groups is 1. The molecule has 1 unspecified atom stereocenters. The number of aromatic nitrogens is 2. The van der Waals surface area contributed by atoms with E-state index in [2.05, 4.69) is 15.3 Å². The molecule has 0 aromatic carbocycles. The van der Waals surface area contributed by atoms with Crippen LogP contribution in [0.1, 0.15) is 30.7 Å². The lowest BCUT2D eigenvalue weighted by molar-refractivity contribution is 0.125. The van der Waals surface area contributed by atoms with Crippen LogP contribution in [0, 0.1) is 12.3 Å². The van der Waals surface area contributed by atoms with Gasteiger partial charge in [-0.3, -0.25) is 9.97 Å². The molecule has 3 N–H and O–H groups in total. The molecule has 1 saturated heterocycles. The van der Waals surface area contributed by atoms with Crippen LogP contribution in [-0.4, -0.2) is 46.6 Å². The molecule has 0 radical (unpaired) electrons. The summed E-state index contributed by atoms with van der Waals surface area (Å²) in [5.74, 6) is 0. The van der Waals surface area contributed by atoms with Gasteiger partial charge < -0.3 is 16.0 Å². The second kappa shape index (κ2) is 5.60. The summed E-state index contributed by atoms with van der Waals surface area (Å²) in [6.07, 6.45) is 7.74. The van der Waals surface area contributed by atoms with Crippen molar-refractivity contribution >= 4 is 6.03 Å².